The molecular formula is C13H19NO2S. The van der Waals surface area contributed by atoms with Crippen molar-refractivity contribution in [1.29, 1.82) is 0 Å². The van der Waals surface area contributed by atoms with Gasteiger partial charge in [0.2, 0.25) is 0 Å². The summed E-state index contributed by atoms with van der Waals surface area (Å²) < 4.78 is 4.76. The summed E-state index contributed by atoms with van der Waals surface area (Å²) in [5.74, 6) is 1.23. The van der Waals surface area contributed by atoms with E-state index in [-0.39, 0.29) is 5.97 Å². The molecule has 1 unspecified atom stereocenters. The highest BCUT2D eigenvalue weighted by Gasteiger charge is 2.15. The van der Waals surface area contributed by atoms with Crippen LogP contribution in [0.5, 0.6) is 0 Å². The fraction of sp³-hybridized carbons (Fsp3) is 0.462. The Morgan fingerprint density at radius 3 is 2.82 bits per heavy atom. The second-order valence-electron chi connectivity index (χ2n) is 4.04. The SMILES string of the molecule is CCC(C)CSc1c(N)cccc1C(=O)OC. The lowest BCUT2D eigenvalue weighted by molar-refractivity contribution is 0.0597. The van der Waals surface area contributed by atoms with Crippen LogP contribution in [0.3, 0.4) is 0 Å². The van der Waals surface area contributed by atoms with E-state index >= 15 is 0 Å². The van der Waals surface area contributed by atoms with Crippen LogP contribution >= 0.6 is 11.8 Å². The molecular weight excluding hydrogens is 234 g/mol. The van der Waals surface area contributed by atoms with Crippen molar-refractivity contribution in [3.05, 3.63) is 23.8 Å². The minimum Gasteiger partial charge on any atom is -0.465 e. The standard InChI is InChI=1S/C13H19NO2S/c1-4-9(2)8-17-12-10(13(15)16-3)6-5-7-11(12)14/h5-7,9H,4,8,14H2,1-3H3. The molecule has 94 valence electrons. The van der Waals surface area contributed by atoms with Gasteiger partial charge in [-0.2, -0.15) is 0 Å². The fourth-order valence-corrected chi connectivity index (χ4v) is 2.56. The molecule has 0 aliphatic carbocycles. The first-order valence-electron chi connectivity index (χ1n) is 5.69. The van der Waals surface area contributed by atoms with Crippen molar-refractivity contribution in [1.82, 2.24) is 0 Å². The molecule has 0 bridgehead atoms. The highest BCUT2D eigenvalue weighted by molar-refractivity contribution is 7.99. The summed E-state index contributed by atoms with van der Waals surface area (Å²) in [5.41, 5.74) is 7.11. The summed E-state index contributed by atoms with van der Waals surface area (Å²) in [6, 6.07) is 5.33. The second-order valence-corrected chi connectivity index (χ2v) is 5.07. The smallest absolute Gasteiger partial charge is 0.339 e. The fourth-order valence-electron chi connectivity index (χ4n) is 1.33. The Morgan fingerprint density at radius 1 is 1.53 bits per heavy atom. The number of hydrogen-bond acceptors (Lipinski definition) is 4. The summed E-state index contributed by atoms with van der Waals surface area (Å²) in [6.07, 6.45) is 1.12. The maximum atomic E-state index is 11.6. The van der Waals surface area contributed by atoms with Crippen molar-refractivity contribution in [3.8, 4) is 0 Å². The molecule has 4 heteroatoms. The molecule has 0 heterocycles. The Labute approximate surface area is 107 Å². The molecule has 0 saturated carbocycles. The first-order valence-corrected chi connectivity index (χ1v) is 6.68. The number of carbonyl (C=O) groups excluding carboxylic acids is 1. The normalized spacial score (nSPS) is 12.2. The van der Waals surface area contributed by atoms with Gasteiger partial charge in [0.25, 0.3) is 0 Å². The number of benzene rings is 1. The zero-order valence-electron chi connectivity index (χ0n) is 10.5. The number of ether oxygens (including phenoxy) is 1. The average Bonchev–Trinajstić information content (AvgIpc) is 2.35. The number of methoxy groups -OCH3 is 1. The summed E-state index contributed by atoms with van der Waals surface area (Å²) >= 11 is 1.62. The van der Waals surface area contributed by atoms with Crippen molar-refractivity contribution >= 4 is 23.4 Å². The van der Waals surface area contributed by atoms with E-state index < -0.39 is 0 Å². The Balaban J connectivity index is 2.92. The van der Waals surface area contributed by atoms with Gasteiger partial charge in [-0.15, -0.1) is 11.8 Å². The summed E-state index contributed by atoms with van der Waals surface area (Å²) in [7, 11) is 1.38. The van der Waals surface area contributed by atoms with Gasteiger partial charge in [0.15, 0.2) is 0 Å². The predicted molar refractivity (Wildman–Crippen MR) is 72.4 cm³/mol. The molecule has 0 aliphatic rings. The number of thioether (sulfide) groups is 1. The van der Waals surface area contributed by atoms with E-state index in [4.69, 9.17) is 10.5 Å². The van der Waals surface area contributed by atoms with Gasteiger partial charge < -0.3 is 10.5 Å². The van der Waals surface area contributed by atoms with Gasteiger partial charge in [0, 0.05) is 16.3 Å². The molecule has 1 atom stereocenters. The Kier molecular flexibility index (Phi) is 5.35. The van der Waals surface area contributed by atoms with E-state index in [2.05, 4.69) is 13.8 Å². The van der Waals surface area contributed by atoms with Crippen LogP contribution in [0.25, 0.3) is 0 Å². The van der Waals surface area contributed by atoms with Crippen molar-refractivity contribution in [2.75, 3.05) is 18.6 Å². The third-order valence-corrected chi connectivity index (χ3v) is 4.14. The molecule has 2 N–H and O–H groups in total. The van der Waals surface area contributed by atoms with Crippen LogP contribution < -0.4 is 5.73 Å². The van der Waals surface area contributed by atoms with Gasteiger partial charge in [0.05, 0.1) is 12.7 Å². The number of hydrogen-bond donors (Lipinski definition) is 1. The topological polar surface area (TPSA) is 52.3 Å². The van der Waals surface area contributed by atoms with Crippen LogP contribution in [0.1, 0.15) is 30.6 Å². The lowest BCUT2D eigenvalue weighted by Gasteiger charge is -2.12. The van der Waals surface area contributed by atoms with Crippen molar-refractivity contribution < 1.29 is 9.53 Å². The van der Waals surface area contributed by atoms with Crippen molar-refractivity contribution in [2.45, 2.75) is 25.2 Å². The minimum atomic E-state index is -0.330. The van der Waals surface area contributed by atoms with E-state index in [1.165, 1.54) is 7.11 Å². The van der Waals surface area contributed by atoms with Gasteiger partial charge in [0.1, 0.15) is 0 Å². The quantitative estimate of drug-likeness (QED) is 0.497. The number of rotatable bonds is 5. The third kappa shape index (κ3) is 3.66. The van der Waals surface area contributed by atoms with Crippen LogP contribution in [0.15, 0.2) is 23.1 Å². The predicted octanol–water partition coefficient (Wildman–Crippen LogP) is 3.19. The Morgan fingerprint density at radius 2 is 2.24 bits per heavy atom. The van der Waals surface area contributed by atoms with Gasteiger partial charge in [-0.1, -0.05) is 26.3 Å². The van der Waals surface area contributed by atoms with Gasteiger partial charge in [-0.3, -0.25) is 0 Å². The Bertz CT molecular complexity index is 393. The van der Waals surface area contributed by atoms with E-state index in [1.807, 2.05) is 6.07 Å². The maximum absolute atomic E-state index is 11.6. The lowest BCUT2D eigenvalue weighted by atomic mass is 10.2. The molecule has 3 nitrogen and oxygen atoms in total. The maximum Gasteiger partial charge on any atom is 0.339 e. The summed E-state index contributed by atoms with van der Waals surface area (Å²) in [5, 5.41) is 0. The van der Waals surface area contributed by atoms with Crippen LogP contribution in [-0.4, -0.2) is 18.8 Å². The molecule has 0 amide bonds. The molecule has 0 aliphatic heterocycles. The number of esters is 1. The molecule has 1 aromatic rings. The second kappa shape index (κ2) is 6.55. The molecule has 0 aromatic heterocycles. The molecule has 17 heavy (non-hydrogen) atoms. The number of nitrogens with two attached hydrogens (primary N) is 1. The zero-order valence-corrected chi connectivity index (χ0v) is 11.3. The van der Waals surface area contributed by atoms with Gasteiger partial charge in [-0.05, 0) is 18.1 Å². The molecule has 0 saturated heterocycles. The van der Waals surface area contributed by atoms with E-state index in [0.29, 0.717) is 17.2 Å². The van der Waals surface area contributed by atoms with Crippen LogP contribution in [0, 0.1) is 5.92 Å². The van der Waals surface area contributed by atoms with E-state index in [0.717, 1.165) is 17.1 Å². The number of anilines is 1. The first-order chi connectivity index (χ1) is 8.10. The van der Waals surface area contributed by atoms with Crippen molar-refractivity contribution in [3.63, 3.8) is 0 Å². The highest BCUT2D eigenvalue weighted by atomic mass is 32.2. The molecule has 0 spiro atoms. The summed E-state index contributed by atoms with van der Waals surface area (Å²) in [6.45, 7) is 4.34. The largest absolute Gasteiger partial charge is 0.465 e. The van der Waals surface area contributed by atoms with E-state index in [1.54, 1.807) is 23.9 Å². The third-order valence-electron chi connectivity index (χ3n) is 2.66. The monoisotopic (exact) mass is 253 g/mol. The number of nitrogen functional groups attached to an aromatic ring is 1. The lowest BCUT2D eigenvalue weighted by Crippen LogP contribution is -2.06. The first kappa shape index (κ1) is 13.9. The molecule has 0 fully saturated rings. The van der Waals surface area contributed by atoms with Crippen LogP contribution in [0.2, 0.25) is 0 Å². The van der Waals surface area contributed by atoms with Crippen molar-refractivity contribution in [2.24, 2.45) is 5.92 Å². The van der Waals surface area contributed by atoms with Gasteiger partial charge >= 0.3 is 5.97 Å². The van der Waals surface area contributed by atoms with Crippen LogP contribution in [0.4, 0.5) is 5.69 Å². The highest BCUT2D eigenvalue weighted by Crippen LogP contribution is 2.31. The molecule has 0 radical (unpaired) electrons. The summed E-state index contributed by atoms with van der Waals surface area (Å²) in [4.78, 5) is 12.4. The number of carbonyl (C=O) groups is 1. The minimum absolute atomic E-state index is 0.330. The molecule has 1 rings (SSSR count). The van der Waals surface area contributed by atoms with Crippen LogP contribution in [-0.2, 0) is 4.74 Å². The van der Waals surface area contributed by atoms with Gasteiger partial charge in [-0.25, -0.2) is 4.79 Å². The van der Waals surface area contributed by atoms with E-state index in [9.17, 15) is 4.79 Å². The Hall–Kier alpha value is -1.16. The zero-order chi connectivity index (χ0) is 12.8. The molecule has 1 aromatic carbocycles. The average molecular weight is 253 g/mol.